The average Bonchev–Trinajstić information content (AvgIpc) is 2.76. The number of benzene rings is 2. The third kappa shape index (κ3) is 1.44. The lowest BCUT2D eigenvalue weighted by atomic mass is 9.80. The second-order valence-electron chi connectivity index (χ2n) is 5.68. The van der Waals surface area contributed by atoms with Gasteiger partial charge in [-0.1, -0.05) is 60.7 Å². The minimum Gasteiger partial charge on any atom is -0.331 e. The van der Waals surface area contributed by atoms with Crippen LogP contribution in [0.15, 0.2) is 78.9 Å². The van der Waals surface area contributed by atoms with Crippen molar-refractivity contribution in [2.24, 2.45) is 0 Å². The summed E-state index contributed by atoms with van der Waals surface area (Å²) in [5, 5.41) is 0. The highest BCUT2D eigenvalue weighted by Gasteiger charge is 2.46. The first kappa shape index (κ1) is 11.5. The quantitative estimate of drug-likeness (QED) is 0.710. The zero-order valence-corrected chi connectivity index (χ0v) is 11.5. The van der Waals surface area contributed by atoms with Crippen molar-refractivity contribution in [1.29, 1.82) is 0 Å². The fourth-order valence-corrected chi connectivity index (χ4v) is 3.56. The molecule has 2 atom stereocenters. The Hall–Kier alpha value is -2.28. The zero-order valence-electron chi connectivity index (χ0n) is 11.5. The van der Waals surface area contributed by atoms with Gasteiger partial charge in [0.25, 0.3) is 0 Å². The molecule has 2 aliphatic rings. The van der Waals surface area contributed by atoms with Crippen molar-refractivity contribution < 1.29 is 0 Å². The Morgan fingerprint density at radius 3 is 2.50 bits per heavy atom. The lowest BCUT2D eigenvalue weighted by Crippen LogP contribution is -2.41. The highest BCUT2D eigenvalue weighted by molar-refractivity contribution is 5.77. The maximum atomic E-state index is 2.47. The fourth-order valence-electron chi connectivity index (χ4n) is 3.56. The molecule has 0 saturated heterocycles. The van der Waals surface area contributed by atoms with Gasteiger partial charge in [0, 0.05) is 17.3 Å². The third-order valence-electron chi connectivity index (χ3n) is 4.49. The molecule has 0 bridgehead atoms. The molecule has 1 heterocycles. The van der Waals surface area contributed by atoms with Gasteiger partial charge in [0.2, 0.25) is 0 Å². The summed E-state index contributed by atoms with van der Waals surface area (Å²) >= 11 is 0. The van der Waals surface area contributed by atoms with Crippen molar-refractivity contribution in [3.63, 3.8) is 0 Å². The topological polar surface area (TPSA) is 3.24 Å². The molecule has 1 aliphatic heterocycles. The van der Waals surface area contributed by atoms with Crippen LogP contribution in [0.1, 0.15) is 18.4 Å². The minimum absolute atomic E-state index is 0.0141. The first-order valence-electron chi connectivity index (χ1n) is 7.11. The molecule has 1 heteroatoms. The van der Waals surface area contributed by atoms with Crippen molar-refractivity contribution in [3.8, 4) is 0 Å². The molecule has 0 fully saturated rings. The molecule has 0 aromatic heterocycles. The van der Waals surface area contributed by atoms with E-state index in [0.29, 0.717) is 5.92 Å². The second-order valence-corrected chi connectivity index (χ2v) is 5.68. The lowest BCUT2D eigenvalue weighted by molar-refractivity contribution is 0.542. The van der Waals surface area contributed by atoms with Crippen molar-refractivity contribution in [2.75, 3.05) is 4.90 Å². The number of para-hydroxylation sites is 2. The van der Waals surface area contributed by atoms with Crippen LogP contribution in [0.5, 0.6) is 0 Å². The van der Waals surface area contributed by atoms with Crippen LogP contribution >= 0.6 is 0 Å². The second kappa shape index (κ2) is 4.11. The van der Waals surface area contributed by atoms with Gasteiger partial charge < -0.3 is 4.90 Å². The van der Waals surface area contributed by atoms with E-state index in [-0.39, 0.29) is 5.54 Å². The Bertz CT molecular complexity index is 699. The van der Waals surface area contributed by atoms with Gasteiger partial charge in [0.1, 0.15) is 0 Å². The van der Waals surface area contributed by atoms with Crippen LogP contribution in [0, 0.1) is 0 Å². The highest BCUT2D eigenvalue weighted by atomic mass is 15.2. The summed E-state index contributed by atoms with van der Waals surface area (Å²) in [6, 6.07) is 19.4. The minimum atomic E-state index is -0.0141. The largest absolute Gasteiger partial charge is 0.331 e. The van der Waals surface area contributed by atoms with E-state index in [1.165, 1.54) is 16.9 Å². The van der Waals surface area contributed by atoms with E-state index in [2.05, 4.69) is 90.7 Å². The summed E-state index contributed by atoms with van der Waals surface area (Å²) in [4.78, 5) is 2.47. The lowest BCUT2D eigenvalue weighted by Gasteiger charge is -2.39. The third-order valence-corrected chi connectivity index (χ3v) is 4.49. The number of hydrogen-bond donors (Lipinski definition) is 0. The van der Waals surface area contributed by atoms with E-state index in [1.54, 1.807) is 0 Å². The molecule has 2 unspecified atom stereocenters. The van der Waals surface area contributed by atoms with Gasteiger partial charge in [-0.3, -0.25) is 0 Å². The van der Waals surface area contributed by atoms with Crippen molar-refractivity contribution >= 4 is 11.4 Å². The van der Waals surface area contributed by atoms with Crippen LogP contribution in [0.3, 0.4) is 0 Å². The standard InChI is InChI=1S/C19H17N/c1-19-14-8-7-12-17(19)16-11-5-6-13-18(16)20(19)15-9-3-2-4-10-15/h2-14,17H,1H3. The molecular formula is C19H17N. The molecule has 0 N–H and O–H groups in total. The summed E-state index contributed by atoms with van der Waals surface area (Å²) in [5.41, 5.74) is 3.98. The Morgan fingerprint density at radius 2 is 1.65 bits per heavy atom. The number of anilines is 2. The molecule has 2 aromatic rings. The molecule has 0 amide bonds. The van der Waals surface area contributed by atoms with Crippen LogP contribution in [0.4, 0.5) is 11.4 Å². The highest BCUT2D eigenvalue weighted by Crippen LogP contribution is 2.53. The molecule has 0 spiro atoms. The Balaban J connectivity index is 1.97. The molecular weight excluding hydrogens is 242 g/mol. The van der Waals surface area contributed by atoms with Crippen LogP contribution in [0.2, 0.25) is 0 Å². The predicted molar refractivity (Wildman–Crippen MR) is 84.4 cm³/mol. The SMILES string of the molecule is CC12C=CC=CC1c1ccccc1N2c1ccccc1. The van der Waals surface area contributed by atoms with Crippen molar-refractivity contribution in [1.82, 2.24) is 0 Å². The van der Waals surface area contributed by atoms with E-state index < -0.39 is 0 Å². The van der Waals surface area contributed by atoms with Gasteiger partial charge in [0.15, 0.2) is 0 Å². The van der Waals surface area contributed by atoms with Gasteiger partial charge in [-0.25, -0.2) is 0 Å². The van der Waals surface area contributed by atoms with Gasteiger partial charge in [-0.15, -0.1) is 0 Å². The van der Waals surface area contributed by atoms with Gasteiger partial charge >= 0.3 is 0 Å². The van der Waals surface area contributed by atoms with Crippen LogP contribution in [0.25, 0.3) is 0 Å². The number of nitrogens with zero attached hydrogens (tertiary/aromatic N) is 1. The predicted octanol–water partition coefficient (Wildman–Crippen LogP) is 4.81. The maximum Gasteiger partial charge on any atom is 0.0712 e. The number of hydrogen-bond acceptors (Lipinski definition) is 1. The summed E-state index contributed by atoms with van der Waals surface area (Å²) in [6.07, 6.45) is 8.97. The van der Waals surface area contributed by atoms with Crippen LogP contribution in [-0.4, -0.2) is 5.54 Å². The smallest absolute Gasteiger partial charge is 0.0712 e. The van der Waals surface area contributed by atoms with E-state index in [1.807, 2.05) is 0 Å². The Labute approximate surface area is 119 Å². The summed E-state index contributed by atoms with van der Waals surface area (Å²) in [6.45, 7) is 2.32. The molecule has 98 valence electrons. The first-order valence-corrected chi connectivity index (χ1v) is 7.11. The van der Waals surface area contributed by atoms with Crippen LogP contribution in [-0.2, 0) is 0 Å². The van der Waals surface area contributed by atoms with Gasteiger partial charge in [-0.05, 0) is 30.7 Å². The van der Waals surface area contributed by atoms with Crippen molar-refractivity contribution in [2.45, 2.75) is 18.4 Å². The van der Waals surface area contributed by atoms with Crippen molar-refractivity contribution in [3.05, 3.63) is 84.5 Å². The number of fused-ring (bicyclic) bond motifs is 3. The Morgan fingerprint density at radius 1 is 0.900 bits per heavy atom. The molecule has 20 heavy (non-hydrogen) atoms. The molecule has 1 aliphatic carbocycles. The Kier molecular flexibility index (Phi) is 2.37. The average molecular weight is 259 g/mol. The summed E-state index contributed by atoms with van der Waals surface area (Å²) < 4.78 is 0. The zero-order chi connectivity index (χ0) is 13.6. The van der Waals surface area contributed by atoms with E-state index >= 15 is 0 Å². The van der Waals surface area contributed by atoms with E-state index in [0.717, 1.165) is 0 Å². The molecule has 2 aromatic carbocycles. The monoisotopic (exact) mass is 259 g/mol. The van der Waals surface area contributed by atoms with Gasteiger partial charge in [0.05, 0.1) is 5.54 Å². The summed E-state index contributed by atoms with van der Waals surface area (Å²) in [7, 11) is 0. The molecule has 0 radical (unpaired) electrons. The number of rotatable bonds is 1. The number of allylic oxidation sites excluding steroid dienone is 2. The van der Waals surface area contributed by atoms with Crippen LogP contribution < -0.4 is 4.90 Å². The van der Waals surface area contributed by atoms with E-state index in [4.69, 9.17) is 0 Å². The van der Waals surface area contributed by atoms with Gasteiger partial charge in [-0.2, -0.15) is 0 Å². The fraction of sp³-hybridized carbons (Fsp3) is 0.158. The molecule has 4 rings (SSSR count). The maximum absolute atomic E-state index is 2.47. The summed E-state index contributed by atoms with van der Waals surface area (Å²) in [5.74, 6) is 0.420. The van der Waals surface area contributed by atoms with E-state index in [9.17, 15) is 0 Å². The molecule has 0 saturated carbocycles. The molecule has 1 nitrogen and oxygen atoms in total. The first-order chi connectivity index (χ1) is 9.81. The normalized spacial score (nSPS) is 26.4.